The van der Waals surface area contributed by atoms with Gasteiger partial charge in [0, 0.05) is 12.8 Å². The van der Waals surface area contributed by atoms with Crippen molar-refractivity contribution in [2.75, 3.05) is 39.5 Å². The van der Waals surface area contributed by atoms with E-state index in [1.807, 2.05) is 0 Å². The molecule has 59 heavy (non-hydrogen) atoms. The molecule has 0 atom stereocenters. The van der Waals surface area contributed by atoms with Crippen molar-refractivity contribution < 1.29 is 28.6 Å². The largest absolute Gasteiger partial charge is 0.466 e. The summed E-state index contributed by atoms with van der Waals surface area (Å²) in [6, 6.07) is 0. The quantitative estimate of drug-likeness (QED) is 0.0343. The summed E-state index contributed by atoms with van der Waals surface area (Å²) < 4.78 is 17.1. The summed E-state index contributed by atoms with van der Waals surface area (Å²) in [4.78, 5) is 40.5. The normalized spacial score (nSPS) is 11.7. The first-order valence-corrected chi connectivity index (χ1v) is 26.0. The zero-order valence-electron chi connectivity index (χ0n) is 40.4. The number of rotatable bonds is 46. The van der Waals surface area contributed by atoms with E-state index < -0.39 is 0 Å². The molecular weight excluding hydrogens is 735 g/mol. The average molecular weight is 836 g/mol. The first kappa shape index (κ1) is 57.4. The van der Waals surface area contributed by atoms with Crippen molar-refractivity contribution in [2.45, 2.75) is 260 Å². The Bertz CT molecular complexity index is 847. The number of nitrogens with zero attached hydrogens (tertiary/aromatic N) is 1. The van der Waals surface area contributed by atoms with E-state index in [2.05, 4.69) is 46.4 Å². The fraction of sp³-hybridized carbons (Fsp3) is 0.942. The van der Waals surface area contributed by atoms with Crippen LogP contribution in [0.2, 0.25) is 0 Å². The van der Waals surface area contributed by atoms with Crippen LogP contribution in [0.1, 0.15) is 260 Å². The topological polar surface area (TPSA) is 82.1 Å². The van der Waals surface area contributed by atoms with Crippen LogP contribution in [0, 0.1) is 17.8 Å². The van der Waals surface area contributed by atoms with Crippen molar-refractivity contribution in [2.24, 2.45) is 17.8 Å². The maximum absolute atomic E-state index is 13.2. The smallest absolute Gasteiger partial charge is 0.308 e. The highest BCUT2D eigenvalue weighted by Crippen LogP contribution is 2.24. The first-order chi connectivity index (χ1) is 28.8. The van der Waals surface area contributed by atoms with Crippen LogP contribution in [0.25, 0.3) is 0 Å². The lowest BCUT2D eigenvalue weighted by Gasteiger charge is -2.18. The molecule has 0 fully saturated rings. The maximum atomic E-state index is 13.2. The van der Waals surface area contributed by atoms with E-state index in [4.69, 9.17) is 14.2 Å². The highest BCUT2D eigenvalue weighted by atomic mass is 16.5. The molecule has 0 spiro atoms. The summed E-state index contributed by atoms with van der Waals surface area (Å²) in [5.41, 5.74) is 0. The highest BCUT2D eigenvalue weighted by Gasteiger charge is 2.20. The number of carbonyl (C=O) groups is 3. The average Bonchev–Trinajstić information content (AvgIpc) is 3.23. The predicted molar refractivity (Wildman–Crippen MR) is 251 cm³/mol. The van der Waals surface area contributed by atoms with Crippen LogP contribution in [0.15, 0.2) is 0 Å². The Hall–Kier alpha value is -1.63. The Morgan fingerprint density at radius 1 is 0.373 bits per heavy atom. The van der Waals surface area contributed by atoms with E-state index in [-0.39, 0.29) is 23.8 Å². The first-order valence-electron chi connectivity index (χ1n) is 26.0. The molecule has 350 valence electrons. The van der Waals surface area contributed by atoms with Crippen molar-refractivity contribution in [1.29, 1.82) is 0 Å². The van der Waals surface area contributed by atoms with Crippen LogP contribution in [0.5, 0.6) is 0 Å². The number of hydrogen-bond acceptors (Lipinski definition) is 7. The van der Waals surface area contributed by atoms with E-state index in [0.29, 0.717) is 44.5 Å². The van der Waals surface area contributed by atoms with E-state index in [0.717, 1.165) is 122 Å². The molecule has 0 rings (SSSR count). The molecule has 0 aliphatic rings. The van der Waals surface area contributed by atoms with Gasteiger partial charge in [-0.3, -0.25) is 14.4 Å². The Morgan fingerprint density at radius 3 is 1.14 bits per heavy atom. The molecule has 0 N–H and O–H groups in total. The molecule has 0 aromatic heterocycles. The Labute approximate surface area is 367 Å². The molecule has 0 aliphatic carbocycles. The summed E-state index contributed by atoms with van der Waals surface area (Å²) in [5.74, 6) is 1.24. The van der Waals surface area contributed by atoms with Gasteiger partial charge in [0.05, 0.1) is 25.7 Å². The van der Waals surface area contributed by atoms with Gasteiger partial charge in [-0.05, 0) is 82.8 Å². The van der Waals surface area contributed by atoms with Crippen LogP contribution in [-0.2, 0) is 28.6 Å². The minimum absolute atomic E-state index is 0.0192. The fourth-order valence-corrected chi connectivity index (χ4v) is 8.45. The molecule has 0 bridgehead atoms. The molecule has 0 aliphatic heterocycles. The lowest BCUT2D eigenvalue weighted by Crippen LogP contribution is -2.24. The van der Waals surface area contributed by atoms with Gasteiger partial charge in [0.1, 0.15) is 0 Å². The van der Waals surface area contributed by atoms with Crippen molar-refractivity contribution >= 4 is 17.9 Å². The van der Waals surface area contributed by atoms with E-state index in [1.165, 1.54) is 103 Å². The zero-order valence-corrected chi connectivity index (χ0v) is 40.4. The van der Waals surface area contributed by atoms with Crippen LogP contribution >= 0.6 is 0 Å². The van der Waals surface area contributed by atoms with Gasteiger partial charge in [-0.2, -0.15) is 0 Å². The summed E-state index contributed by atoms with van der Waals surface area (Å²) in [7, 11) is 0. The maximum Gasteiger partial charge on any atom is 0.308 e. The Morgan fingerprint density at radius 2 is 0.746 bits per heavy atom. The second-order valence-corrected chi connectivity index (χ2v) is 17.9. The molecule has 0 heterocycles. The van der Waals surface area contributed by atoms with Gasteiger partial charge >= 0.3 is 17.9 Å². The number of hydrogen-bond donors (Lipinski definition) is 0. The third-order valence-corrected chi connectivity index (χ3v) is 12.6. The van der Waals surface area contributed by atoms with Gasteiger partial charge in [0.25, 0.3) is 0 Å². The van der Waals surface area contributed by atoms with Gasteiger partial charge in [-0.15, -0.1) is 0 Å². The van der Waals surface area contributed by atoms with Crippen molar-refractivity contribution in [3.63, 3.8) is 0 Å². The number of unbranched alkanes of at least 4 members (excludes halogenated alkanes) is 17. The second kappa shape index (κ2) is 44.4. The SMILES string of the molecule is CCCCCC(CCCCC)CCOC(=O)CCCCCCCC(CCCCCCCC(=O)OCCC(CCCCC)CCCCC)C(=O)OCCCCN(CC)CC. The van der Waals surface area contributed by atoms with Crippen molar-refractivity contribution in [1.82, 2.24) is 4.90 Å². The molecular formula is C52H101NO6. The minimum atomic E-state index is -0.0413. The molecule has 0 unspecified atom stereocenters. The van der Waals surface area contributed by atoms with Crippen molar-refractivity contribution in [3.8, 4) is 0 Å². The van der Waals surface area contributed by atoms with Gasteiger partial charge in [0.2, 0.25) is 0 Å². The number of esters is 3. The molecule has 7 nitrogen and oxygen atoms in total. The lowest BCUT2D eigenvalue weighted by molar-refractivity contribution is -0.149. The summed E-state index contributed by atoms with van der Waals surface area (Å²) >= 11 is 0. The zero-order chi connectivity index (χ0) is 43.4. The van der Waals surface area contributed by atoms with E-state index >= 15 is 0 Å². The summed E-state index contributed by atoms with van der Waals surface area (Å²) in [6.45, 7) is 18.2. The van der Waals surface area contributed by atoms with Gasteiger partial charge in [-0.25, -0.2) is 0 Å². The number of ether oxygens (including phenoxy) is 3. The van der Waals surface area contributed by atoms with Crippen molar-refractivity contribution in [3.05, 3.63) is 0 Å². The molecule has 0 aromatic carbocycles. The molecule has 0 saturated heterocycles. The second-order valence-electron chi connectivity index (χ2n) is 17.9. The Kier molecular flexibility index (Phi) is 43.2. The lowest BCUT2D eigenvalue weighted by atomic mass is 9.92. The minimum Gasteiger partial charge on any atom is -0.466 e. The van der Waals surface area contributed by atoms with Crippen LogP contribution < -0.4 is 0 Å². The fourth-order valence-electron chi connectivity index (χ4n) is 8.45. The molecule has 7 heteroatoms. The Balaban J connectivity index is 4.50. The predicted octanol–water partition coefficient (Wildman–Crippen LogP) is 15.1. The molecule has 0 amide bonds. The van der Waals surface area contributed by atoms with Crippen LogP contribution in [0.4, 0.5) is 0 Å². The third-order valence-electron chi connectivity index (χ3n) is 12.6. The number of carbonyl (C=O) groups excluding carboxylic acids is 3. The highest BCUT2D eigenvalue weighted by molar-refractivity contribution is 5.72. The molecule has 0 aromatic rings. The standard InChI is InChI=1S/C52H101NO6/c1-7-13-23-33-47(34-24-14-8-2)41-45-57-50(54)39-29-21-17-19-27-37-49(52(56)59-44-32-31-43-53(11-5)12-6)38-28-20-18-22-30-40-51(55)58-46-42-48(35-25-15-9-3)36-26-16-10-4/h47-49H,7-46H2,1-6H3. The van der Waals surface area contributed by atoms with Gasteiger partial charge < -0.3 is 19.1 Å². The van der Waals surface area contributed by atoms with Gasteiger partial charge in [-0.1, -0.05) is 196 Å². The van der Waals surface area contributed by atoms with E-state index in [1.54, 1.807) is 0 Å². The van der Waals surface area contributed by atoms with E-state index in [9.17, 15) is 14.4 Å². The van der Waals surface area contributed by atoms with Crippen LogP contribution in [-0.4, -0.2) is 62.3 Å². The monoisotopic (exact) mass is 836 g/mol. The molecule has 0 saturated carbocycles. The third kappa shape index (κ3) is 37.8. The molecule has 0 radical (unpaired) electrons. The van der Waals surface area contributed by atoms with Crippen LogP contribution in [0.3, 0.4) is 0 Å². The summed E-state index contributed by atoms with van der Waals surface area (Å²) in [6.07, 6.45) is 37.4. The van der Waals surface area contributed by atoms with Gasteiger partial charge in [0.15, 0.2) is 0 Å². The summed E-state index contributed by atoms with van der Waals surface area (Å²) in [5, 5.41) is 0.